The minimum atomic E-state index is 0.454. The molecule has 1 aliphatic heterocycles. The molecule has 1 aliphatic carbocycles. The molecule has 0 radical (unpaired) electrons. The van der Waals surface area contributed by atoms with E-state index in [9.17, 15) is 0 Å². The first-order valence-electron chi connectivity index (χ1n) is 8.64. The zero-order valence-electron chi connectivity index (χ0n) is 13.6. The first-order chi connectivity index (χ1) is 11.3. The molecule has 1 unspecified atom stereocenters. The largest absolute Gasteiger partial charge is 0.358 e. The quantitative estimate of drug-likeness (QED) is 0.842. The molecule has 1 saturated heterocycles. The number of nitrogens with one attached hydrogen (secondary N) is 1. The molecule has 2 aromatic heterocycles. The lowest BCUT2D eigenvalue weighted by molar-refractivity contribution is 0.145. The van der Waals surface area contributed by atoms with Crippen LogP contribution in [-0.4, -0.2) is 34.7 Å². The van der Waals surface area contributed by atoms with Crippen molar-refractivity contribution >= 4 is 27.8 Å². The molecule has 6 heteroatoms. The Balaban J connectivity index is 1.42. The molecule has 1 atom stereocenters. The molecule has 2 fully saturated rings. The minimum Gasteiger partial charge on any atom is -0.358 e. The highest BCUT2D eigenvalue weighted by molar-refractivity contribution is 7.15. The van der Waals surface area contributed by atoms with Crippen LogP contribution in [0.25, 0.3) is 0 Å². The van der Waals surface area contributed by atoms with E-state index in [-0.39, 0.29) is 0 Å². The van der Waals surface area contributed by atoms with Gasteiger partial charge in [0.1, 0.15) is 5.01 Å². The maximum atomic E-state index is 4.34. The van der Waals surface area contributed by atoms with Crippen molar-refractivity contribution in [1.82, 2.24) is 15.1 Å². The molecule has 4 rings (SSSR count). The summed E-state index contributed by atoms with van der Waals surface area (Å²) in [6, 6.07) is 4.89. The number of hydrogen-bond donors (Lipinski definition) is 1. The van der Waals surface area contributed by atoms with Crippen molar-refractivity contribution in [2.75, 3.05) is 25.0 Å². The second kappa shape index (κ2) is 6.87. The third-order valence-electron chi connectivity index (χ3n) is 4.94. The zero-order valence-corrected chi connectivity index (χ0v) is 15.2. The van der Waals surface area contributed by atoms with Gasteiger partial charge in [0, 0.05) is 17.3 Å². The number of hydrogen-bond acceptors (Lipinski definition) is 6. The molecule has 1 saturated carbocycles. The summed E-state index contributed by atoms with van der Waals surface area (Å²) in [4.78, 5) is 4.10. The molecule has 1 N–H and O–H groups in total. The highest BCUT2D eigenvalue weighted by Crippen LogP contribution is 2.42. The van der Waals surface area contributed by atoms with E-state index >= 15 is 0 Å². The fourth-order valence-electron chi connectivity index (χ4n) is 3.22. The molecule has 2 aliphatic rings. The van der Waals surface area contributed by atoms with E-state index in [2.05, 4.69) is 44.9 Å². The smallest absolute Gasteiger partial charge is 0.205 e. The summed E-state index contributed by atoms with van der Waals surface area (Å²) >= 11 is 3.61. The van der Waals surface area contributed by atoms with Gasteiger partial charge in [-0.05, 0) is 56.1 Å². The van der Waals surface area contributed by atoms with Crippen molar-refractivity contribution in [3.8, 4) is 0 Å². The summed E-state index contributed by atoms with van der Waals surface area (Å²) in [5.74, 6) is 1.56. The molecule has 4 nitrogen and oxygen atoms in total. The average molecular weight is 349 g/mol. The van der Waals surface area contributed by atoms with Gasteiger partial charge < -0.3 is 5.32 Å². The lowest BCUT2D eigenvalue weighted by atomic mass is 9.97. The topological polar surface area (TPSA) is 41.0 Å². The Morgan fingerprint density at radius 1 is 1.26 bits per heavy atom. The summed E-state index contributed by atoms with van der Waals surface area (Å²) in [6.45, 7) is 5.70. The summed E-state index contributed by atoms with van der Waals surface area (Å²) in [5, 5.41) is 16.6. The number of rotatable bonds is 6. The summed E-state index contributed by atoms with van der Waals surface area (Å²) in [5.41, 5.74) is 0. The van der Waals surface area contributed by atoms with Gasteiger partial charge in [-0.25, -0.2) is 0 Å². The molecule has 2 aromatic rings. The van der Waals surface area contributed by atoms with E-state index in [1.807, 2.05) is 11.3 Å². The monoisotopic (exact) mass is 348 g/mol. The van der Waals surface area contributed by atoms with Crippen molar-refractivity contribution in [3.63, 3.8) is 0 Å². The summed E-state index contributed by atoms with van der Waals surface area (Å²) in [7, 11) is 0. The molecule has 23 heavy (non-hydrogen) atoms. The van der Waals surface area contributed by atoms with Gasteiger partial charge in [-0.15, -0.1) is 21.5 Å². The van der Waals surface area contributed by atoms with Crippen LogP contribution in [0.1, 0.15) is 54.5 Å². The highest BCUT2D eigenvalue weighted by Gasteiger charge is 2.28. The number of likely N-dealkylation sites (tertiary alicyclic amines) is 1. The summed E-state index contributed by atoms with van der Waals surface area (Å²) < 4.78 is 0. The highest BCUT2D eigenvalue weighted by atomic mass is 32.1. The molecule has 124 valence electrons. The number of nitrogens with zero attached hydrogens (tertiary/aromatic N) is 3. The van der Waals surface area contributed by atoms with E-state index in [1.54, 1.807) is 11.3 Å². The lowest BCUT2D eigenvalue weighted by Gasteiger charge is -2.36. The number of thiophene rings is 1. The van der Waals surface area contributed by atoms with E-state index < -0.39 is 0 Å². The Hall–Kier alpha value is -0.980. The van der Waals surface area contributed by atoms with Gasteiger partial charge in [0.05, 0.1) is 6.04 Å². The van der Waals surface area contributed by atoms with Crippen LogP contribution in [0.15, 0.2) is 17.5 Å². The second-order valence-corrected chi connectivity index (χ2v) is 8.84. The van der Waals surface area contributed by atoms with E-state index in [1.165, 1.54) is 48.7 Å². The molecule has 0 spiro atoms. The van der Waals surface area contributed by atoms with Gasteiger partial charge >= 0.3 is 0 Å². The van der Waals surface area contributed by atoms with Crippen molar-refractivity contribution in [2.45, 2.75) is 44.6 Å². The van der Waals surface area contributed by atoms with Gasteiger partial charge in [-0.2, -0.15) is 0 Å². The molecule has 0 aromatic carbocycles. The van der Waals surface area contributed by atoms with Gasteiger partial charge in [0.25, 0.3) is 0 Å². The predicted octanol–water partition coefficient (Wildman–Crippen LogP) is 4.36. The Morgan fingerprint density at radius 2 is 2.09 bits per heavy atom. The number of anilines is 1. The second-order valence-electron chi connectivity index (χ2n) is 6.85. The maximum Gasteiger partial charge on any atom is 0.205 e. The average Bonchev–Trinajstić information content (AvgIpc) is 3.08. The van der Waals surface area contributed by atoms with E-state index in [0.29, 0.717) is 12.0 Å². The van der Waals surface area contributed by atoms with Crippen molar-refractivity contribution in [3.05, 3.63) is 27.4 Å². The van der Waals surface area contributed by atoms with Gasteiger partial charge in [-0.3, -0.25) is 4.90 Å². The molecular formula is C17H24N4S2. The lowest BCUT2D eigenvalue weighted by Crippen LogP contribution is -2.38. The molecule has 3 heterocycles. The van der Waals surface area contributed by atoms with Crippen molar-refractivity contribution < 1.29 is 0 Å². The predicted molar refractivity (Wildman–Crippen MR) is 97.4 cm³/mol. The van der Waals surface area contributed by atoms with Crippen LogP contribution >= 0.6 is 22.7 Å². The van der Waals surface area contributed by atoms with Gasteiger partial charge in [0.15, 0.2) is 0 Å². The normalized spacial score (nSPS) is 21.4. The Kier molecular flexibility index (Phi) is 4.64. The molecule has 0 amide bonds. The van der Waals surface area contributed by atoms with Gasteiger partial charge in [-0.1, -0.05) is 24.3 Å². The van der Waals surface area contributed by atoms with Crippen LogP contribution in [0.4, 0.5) is 5.13 Å². The third-order valence-corrected chi connectivity index (χ3v) is 6.96. The zero-order chi connectivity index (χ0) is 15.6. The minimum absolute atomic E-state index is 0.454. The van der Waals surface area contributed by atoms with E-state index in [4.69, 9.17) is 0 Å². The Bertz CT molecular complexity index is 612. The first kappa shape index (κ1) is 15.5. The van der Waals surface area contributed by atoms with Crippen LogP contribution in [0.3, 0.4) is 0 Å². The van der Waals surface area contributed by atoms with Gasteiger partial charge in [0.2, 0.25) is 5.13 Å². The maximum absolute atomic E-state index is 4.34. The summed E-state index contributed by atoms with van der Waals surface area (Å²) in [6.07, 6.45) is 5.20. The van der Waals surface area contributed by atoms with E-state index in [0.717, 1.165) is 17.6 Å². The first-order valence-corrected chi connectivity index (χ1v) is 10.3. The van der Waals surface area contributed by atoms with Crippen molar-refractivity contribution in [1.29, 1.82) is 0 Å². The standard InChI is InChI=1S/C17H24N4S2/c1-12-6-8-21(9-7-12)14(15-3-2-10-22-15)11-18-17-20-19-16(23-17)13-4-5-13/h2-3,10,12-14H,4-9,11H2,1H3,(H,18,20). The fraction of sp³-hybridized carbons (Fsp3) is 0.647. The number of piperidine rings is 1. The van der Waals surface area contributed by atoms with Crippen molar-refractivity contribution in [2.24, 2.45) is 5.92 Å². The number of aromatic nitrogens is 2. The van der Waals surface area contributed by atoms with Crippen LogP contribution in [-0.2, 0) is 0 Å². The van der Waals surface area contributed by atoms with Crippen LogP contribution < -0.4 is 5.32 Å². The SMILES string of the molecule is CC1CCN(C(CNc2nnc(C3CC3)s2)c2cccs2)CC1. The Morgan fingerprint density at radius 3 is 2.78 bits per heavy atom. The Labute approximate surface area is 145 Å². The molecular weight excluding hydrogens is 324 g/mol. The molecule has 0 bridgehead atoms. The van der Waals surface area contributed by atoms with Crippen LogP contribution in [0.5, 0.6) is 0 Å². The third kappa shape index (κ3) is 3.75. The fourth-order valence-corrected chi connectivity index (χ4v) is 5.00. The van der Waals surface area contributed by atoms with Crippen LogP contribution in [0.2, 0.25) is 0 Å². The van der Waals surface area contributed by atoms with Crippen LogP contribution in [0, 0.1) is 5.92 Å².